The summed E-state index contributed by atoms with van der Waals surface area (Å²) in [6.07, 6.45) is 0. The summed E-state index contributed by atoms with van der Waals surface area (Å²) in [5, 5.41) is 6.14. The first-order valence-electron chi connectivity index (χ1n) is 10.4. The molecule has 2 rings (SSSR count). The number of nitrogens with zero attached hydrogens (tertiary/aromatic N) is 3. The summed E-state index contributed by atoms with van der Waals surface area (Å²) < 4.78 is 31.6. The van der Waals surface area contributed by atoms with Crippen LogP contribution in [0.25, 0.3) is 0 Å². The van der Waals surface area contributed by atoms with E-state index in [1.807, 2.05) is 13.8 Å². The Kier molecular flexibility index (Phi) is 9.96. The second kappa shape index (κ2) is 12.4. The third-order valence-corrected chi connectivity index (χ3v) is 5.03. The van der Waals surface area contributed by atoms with E-state index in [9.17, 15) is 13.6 Å². The van der Waals surface area contributed by atoms with E-state index in [2.05, 4.69) is 20.4 Å². The lowest BCUT2D eigenvalue weighted by molar-refractivity contribution is -0.122. The monoisotopic (exact) mass is 425 g/mol. The maximum atomic E-state index is 13.5. The zero-order chi connectivity index (χ0) is 21.9. The van der Waals surface area contributed by atoms with Crippen molar-refractivity contribution in [2.45, 2.75) is 19.8 Å². The summed E-state index contributed by atoms with van der Waals surface area (Å²) in [6, 6.07) is 3.99. The van der Waals surface area contributed by atoms with Crippen molar-refractivity contribution in [3.8, 4) is 0 Å². The minimum Gasteiger partial charge on any atom is -0.383 e. The molecule has 0 radical (unpaired) electrons. The highest BCUT2D eigenvalue weighted by Crippen LogP contribution is 2.18. The summed E-state index contributed by atoms with van der Waals surface area (Å²) in [6.45, 7) is 9.60. The molecule has 1 heterocycles. The van der Waals surface area contributed by atoms with Gasteiger partial charge in [0.15, 0.2) is 17.6 Å². The number of rotatable bonds is 9. The predicted molar refractivity (Wildman–Crippen MR) is 114 cm³/mol. The fourth-order valence-corrected chi connectivity index (χ4v) is 3.24. The first-order chi connectivity index (χ1) is 14.4. The number of nitrogens with one attached hydrogen (secondary N) is 2. The van der Waals surface area contributed by atoms with E-state index in [1.165, 1.54) is 6.07 Å². The summed E-state index contributed by atoms with van der Waals surface area (Å²) in [5.74, 6) is -0.908. The van der Waals surface area contributed by atoms with Crippen LogP contribution in [0.5, 0.6) is 0 Å². The highest BCUT2D eigenvalue weighted by molar-refractivity contribution is 5.80. The number of halogens is 2. The van der Waals surface area contributed by atoms with Gasteiger partial charge in [0, 0.05) is 58.8 Å². The first kappa shape index (κ1) is 24.0. The minimum atomic E-state index is -0.840. The van der Waals surface area contributed by atoms with Crippen molar-refractivity contribution < 1.29 is 18.3 Å². The van der Waals surface area contributed by atoms with Crippen molar-refractivity contribution in [3.63, 3.8) is 0 Å². The number of guanidine groups is 1. The Morgan fingerprint density at radius 2 is 1.93 bits per heavy atom. The van der Waals surface area contributed by atoms with Crippen LogP contribution in [0, 0.1) is 11.6 Å². The molecule has 1 saturated heterocycles. The van der Waals surface area contributed by atoms with Crippen LogP contribution in [0.4, 0.5) is 8.78 Å². The lowest BCUT2D eigenvalue weighted by Crippen LogP contribution is -2.54. The van der Waals surface area contributed by atoms with E-state index < -0.39 is 11.6 Å². The molecule has 1 aliphatic rings. The zero-order valence-corrected chi connectivity index (χ0v) is 18.1. The fourth-order valence-electron chi connectivity index (χ4n) is 3.24. The van der Waals surface area contributed by atoms with E-state index >= 15 is 0 Å². The minimum absolute atomic E-state index is 0.00132. The van der Waals surface area contributed by atoms with Crippen molar-refractivity contribution in [1.82, 2.24) is 20.4 Å². The Morgan fingerprint density at radius 1 is 1.20 bits per heavy atom. The fraction of sp³-hybridized carbons (Fsp3) is 0.619. The average molecular weight is 426 g/mol. The zero-order valence-electron chi connectivity index (χ0n) is 18.1. The molecule has 0 spiro atoms. The van der Waals surface area contributed by atoms with Crippen molar-refractivity contribution in [3.05, 3.63) is 35.4 Å². The van der Waals surface area contributed by atoms with Crippen molar-refractivity contribution in [1.29, 1.82) is 0 Å². The maximum absolute atomic E-state index is 13.5. The Bertz CT molecular complexity index is 709. The number of carbonyl (C=O) groups is 1. The third kappa shape index (κ3) is 7.53. The molecule has 9 heteroatoms. The van der Waals surface area contributed by atoms with Gasteiger partial charge in [0.05, 0.1) is 13.2 Å². The molecular formula is C21H33F2N5O2. The highest BCUT2D eigenvalue weighted by Gasteiger charge is 2.21. The number of amides is 1. The second-order valence-electron chi connectivity index (χ2n) is 7.38. The maximum Gasteiger partial charge on any atom is 0.234 e. The molecular weight excluding hydrogens is 392 g/mol. The van der Waals surface area contributed by atoms with Crippen molar-refractivity contribution in [2.24, 2.45) is 4.99 Å². The van der Waals surface area contributed by atoms with Gasteiger partial charge in [0.25, 0.3) is 0 Å². The van der Waals surface area contributed by atoms with Gasteiger partial charge >= 0.3 is 0 Å². The summed E-state index contributed by atoms with van der Waals surface area (Å²) in [5.41, 5.74) is 0.720. The van der Waals surface area contributed by atoms with E-state index in [4.69, 9.17) is 9.73 Å². The van der Waals surface area contributed by atoms with Gasteiger partial charge in [-0.3, -0.25) is 14.7 Å². The topological polar surface area (TPSA) is 69.2 Å². The molecule has 0 aromatic heterocycles. The molecule has 1 atom stereocenters. The van der Waals surface area contributed by atoms with Crippen LogP contribution in [-0.4, -0.2) is 87.7 Å². The van der Waals surface area contributed by atoms with Crippen molar-refractivity contribution in [2.75, 3.05) is 66.1 Å². The lowest BCUT2D eigenvalue weighted by Gasteiger charge is -2.36. The Labute approximate surface area is 177 Å². The van der Waals surface area contributed by atoms with Gasteiger partial charge < -0.3 is 20.3 Å². The molecule has 1 aromatic carbocycles. The van der Waals surface area contributed by atoms with Gasteiger partial charge in [-0.25, -0.2) is 8.78 Å². The van der Waals surface area contributed by atoms with Crippen LogP contribution in [0.2, 0.25) is 0 Å². The van der Waals surface area contributed by atoms with Crippen LogP contribution in [0.1, 0.15) is 25.3 Å². The highest BCUT2D eigenvalue weighted by atomic mass is 19.2. The molecule has 0 aliphatic carbocycles. The van der Waals surface area contributed by atoms with Gasteiger partial charge in [-0.1, -0.05) is 13.0 Å². The molecule has 1 aromatic rings. The molecule has 1 amide bonds. The molecule has 0 saturated carbocycles. The molecule has 168 valence electrons. The molecule has 1 unspecified atom stereocenters. The standard InChI is InChI=1S/C21H33F2N5O2/c1-4-24-21(26-14-16(2)17-5-6-18(22)19(23)13-17)28-10-8-27(9-11-28)15-20(29)25-7-12-30-3/h5-6,13,16H,4,7-12,14-15H2,1-3H3,(H,24,26)(H,25,29). The molecule has 30 heavy (non-hydrogen) atoms. The smallest absolute Gasteiger partial charge is 0.234 e. The van der Waals surface area contributed by atoms with Crippen LogP contribution >= 0.6 is 0 Å². The van der Waals surface area contributed by atoms with E-state index in [0.717, 1.165) is 50.3 Å². The van der Waals surface area contributed by atoms with Crippen LogP contribution in [0.3, 0.4) is 0 Å². The Hall–Kier alpha value is -2.26. The van der Waals surface area contributed by atoms with Gasteiger partial charge in [0.2, 0.25) is 5.91 Å². The summed E-state index contributed by atoms with van der Waals surface area (Å²) >= 11 is 0. The van der Waals surface area contributed by atoms with Gasteiger partial charge in [-0.15, -0.1) is 0 Å². The number of carbonyl (C=O) groups excluding carboxylic acids is 1. The molecule has 7 nitrogen and oxygen atoms in total. The third-order valence-electron chi connectivity index (χ3n) is 5.03. The lowest BCUT2D eigenvalue weighted by atomic mass is 10.0. The Balaban J connectivity index is 1.87. The molecule has 2 N–H and O–H groups in total. The van der Waals surface area contributed by atoms with Crippen LogP contribution in [0.15, 0.2) is 23.2 Å². The summed E-state index contributed by atoms with van der Waals surface area (Å²) in [7, 11) is 1.60. The molecule has 0 bridgehead atoms. The van der Waals surface area contributed by atoms with E-state index in [0.29, 0.717) is 26.2 Å². The number of piperazine rings is 1. The van der Waals surface area contributed by atoms with Crippen LogP contribution in [-0.2, 0) is 9.53 Å². The molecule has 1 aliphatic heterocycles. The number of benzene rings is 1. The number of hydrogen-bond donors (Lipinski definition) is 2. The average Bonchev–Trinajstić information content (AvgIpc) is 2.73. The second-order valence-corrected chi connectivity index (χ2v) is 7.38. The molecule has 1 fully saturated rings. The Morgan fingerprint density at radius 3 is 2.57 bits per heavy atom. The van der Waals surface area contributed by atoms with Crippen molar-refractivity contribution >= 4 is 11.9 Å². The number of aliphatic imine (C=N–C) groups is 1. The van der Waals surface area contributed by atoms with Gasteiger partial charge in [-0.2, -0.15) is 0 Å². The van der Waals surface area contributed by atoms with Crippen LogP contribution < -0.4 is 10.6 Å². The predicted octanol–water partition coefficient (Wildman–Crippen LogP) is 1.41. The normalized spacial score (nSPS) is 16.4. The number of hydrogen-bond acceptors (Lipinski definition) is 4. The first-order valence-corrected chi connectivity index (χ1v) is 10.4. The quantitative estimate of drug-likeness (QED) is 0.356. The number of methoxy groups -OCH3 is 1. The van der Waals surface area contributed by atoms with Gasteiger partial charge in [-0.05, 0) is 24.6 Å². The summed E-state index contributed by atoms with van der Waals surface area (Å²) in [4.78, 5) is 20.9. The SMILES string of the molecule is CCNC(=NCC(C)c1ccc(F)c(F)c1)N1CCN(CC(=O)NCCOC)CC1. The largest absolute Gasteiger partial charge is 0.383 e. The van der Waals surface area contributed by atoms with E-state index in [-0.39, 0.29) is 11.8 Å². The number of ether oxygens (including phenoxy) is 1. The van der Waals surface area contributed by atoms with Gasteiger partial charge in [0.1, 0.15) is 0 Å². The van der Waals surface area contributed by atoms with E-state index in [1.54, 1.807) is 13.2 Å².